The van der Waals surface area contributed by atoms with Crippen LogP contribution in [0.25, 0.3) is 10.9 Å². The molecule has 1 amide bonds. The Balaban J connectivity index is 1.55. The van der Waals surface area contributed by atoms with Crippen LogP contribution in [0.1, 0.15) is 36.2 Å². The zero-order valence-corrected chi connectivity index (χ0v) is 13.1. The van der Waals surface area contributed by atoms with Gasteiger partial charge in [0.15, 0.2) is 5.69 Å². The van der Waals surface area contributed by atoms with Crippen molar-refractivity contribution >= 4 is 16.8 Å². The van der Waals surface area contributed by atoms with E-state index in [0.29, 0.717) is 17.8 Å². The lowest BCUT2D eigenvalue weighted by Crippen LogP contribution is -2.48. The molecule has 2 aliphatic rings. The van der Waals surface area contributed by atoms with E-state index >= 15 is 0 Å². The Kier molecular flexibility index (Phi) is 3.18. The highest BCUT2D eigenvalue weighted by Gasteiger charge is 2.39. The van der Waals surface area contributed by atoms with Crippen molar-refractivity contribution in [2.24, 2.45) is 7.05 Å². The van der Waals surface area contributed by atoms with Gasteiger partial charge in [-0.25, -0.2) is 0 Å². The number of nitrogens with zero attached hydrogens (tertiary/aromatic N) is 3. The molecule has 1 aromatic heterocycles. The van der Waals surface area contributed by atoms with Crippen LogP contribution in [0, 0.1) is 0 Å². The molecule has 1 N–H and O–H groups in total. The number of aromatic nitrogens is 2. The quantitative estimate of drug-likeness (QED) is 0.921. The Morgan fingerprint density at radius 3 is 2.59 bits per heavy atom. The number of aryl methyl sites for hydroxylation is 1. The van der Waals surface area contributed by atoms with E-state index in [1.54, 1.807) is 4.68 Å². The molecule has 2 aromatic rings. The minimum atomic E-state index is -0.0363. The van der Waals surface area contributed by atoms with Gasteiger partial charge in [0.05, 0.1) is 5.52 Å². The molecule has 4 rings (SSSR count). The third kappa shape index (κ3) is 2.11. The van der Waals surface area contributed by atoms with E-state index < -0.39 is 0 Å². The normalized spacial score (nSPS) is 28.2. The number of carbonyl (C=O) groups is 1. The zero-order chi connectivity index (χ0) is 15.3. The van der Waals surface area contributed by atoms with Crippen molar-refractivity contribution in [2.75, 3.05) is 7.05 Å². The van der Waals surface area contributed by atoms with Crippen LogP contribution < -0.4 is 5.32 Å². The first-order valence-electron chi connectivity index (χ1n) is 8.08. The minimum Gasteiger partial charge on any atom is -0.348 e. The first-order chi connectivity index (χ1) is 10.6. The highest BCUT2D eigenvalue weighted by atomic mass is 16.2. The van der Waals surface area contributed by atoms with Crippen LogP contribution >= 0.6 is 0 Å². The molecule has 5 heteroatoms. The van der Waals surface area contributed by atoms with Crippen molar-refractivity contribution in [3.8, 4) is 0 Å². The largest absolute Gasteiger partial charge is 0.348 e. The summed E-state index contributed by atoms with van der Waals surface area (Å²) < 4.78 is 1.78. The molecule has 2 saturated heterocycles. The molecular formula is C17H22N4O. The Labute approximate surface area is 130 Å². The van der Waals surface area contributed by atoms with Gasteiger partial charge in [0, 0.05) is 30.6 Å². The summed E-state index contributed by atoms with van der Waals surface area (Å²) in [4.78, 5) is 15.1. The van der Waals surface area contributed by atoms with Crippen molar-refractivity contribution in [3.63, 3.8) is 0 Å². The number of para-hydroxylation sites is 1. The van der Waals surface area contributed by atoms with Gasteiger partial charge in [0.1, 0.15) is 0 Å². The number of amides is 1. The Hall–Kier alpha value is -1.88. The molecule has 0 spiro atoms. The summed E-state index contributed by atoms with van der Waals surface area (Å²) in [6.07, 6.45) is 4.65. The molecule has 5 nitrogen and oxygen atoms in total. The molecular weight excluding hydrogens is 276 g/mol. The fourth-order valence-electron chi connectivity index (χ4n) is 4.16. The maximum Gasteiger partial charge on any atom is 0.272 e. The van der Waals surface area contributed by atoms with Gasteiger partial charge in [-0.2, -0.15) is 5.10 Å². The summed E-state index contributed by atoms with van der Waals surface area (Å²) in [6.45, 7) is 0. The van der Waals surface area contributed by atoms with Crippen LogP contribution in [0.5, 0.6) is 0 Å². The minimum absolute atomic E-state index is 0.0363. The summed E-state index contributed by atoms with van der Waals surface area (Å²) in [5.41, 5.74) is 1.54. The average molecular weight is 298 g/mol. The molecule has 3 heterocycles. The maximum absolute atomic E-state index is 12.7. The monoisotopic (exact) mass is 298 g/mol. The average Bonchev–Trinajstić information content (AvgIpc) is 2.93. The van der Waals surface area contributed by atoms with E-state index in [-0.39, 0.29) is 11.9 Å². The maximum atomic E-state index is 12.7. The predicted octanol–water partition coefficient (Wildman–Crippen LogP) is 1.93. The first-order valence-corrected chi connectivity index (χ1v) is 8.08. The van der Waals surface area contributed by atoms with E-state index in [0.717, 1.165) is 23.7 Å². The van der Waals surface area contributed by atoms with E-state index in [4.69, 9.17) is 0 Å². The van der Waals surface area contributed by atoms with Gasteiger partial charge in [0.2, 0.25) is 0 Å². The van der Waals surface area contributed by atoms with Crippen LogP contribution in [-0.4, -0.2) is 45.8 Å². The molecule has 2 fully saturated rings. The first kappa shape index (κ1) is 13.8. The molecule has 116 valence electrons. The third-order valence-electron chi connectivity index (χ3n) is 5.41. The Morgan fingerprint density at radius 2 is 1.86 bits per heavy atom. The van der Waals surface area contributed by atoms with E-state index in [1.807, 2.05) is 31.3 Å². The second kappa shape index (κ2) is 5.09. The van der Waals surface area contributed by atoms with E-state index in [1.165, 1.54) is 12.8 Å². The van der Waals surface area contributed by atoms with Gasteiger partial charge in [-0.15, -0.1) is 0 Å². The standard InChI is InChI=1S/C17H22N4O/c1-20-12-7-8-13(20)10-11(9-12)18-17(22)16-14-5-3-4-6-15(14)21(2)19-16/h3-6,11-13H,7-10H2,1-2H3,(H,18,22)/t12-,13-/m1/s1. The highest BCUT2D eigenvalue weighted by Crippen LogP contribution is 2.34. The SMILES string of the molecule is CN1[C@@H]2CC[C@@H]1CC(NC(=O)c1nn(C)c3ccccc13)C2. The number of piperidine rings is 1. The smallest absolute Gasteiger partial charge is 0.272 e. The summed E-state index contributed by atoms with van der Waals surface area (Å²) in [6, 6.07) is 9.43. The second-order valence-electron chi connectivity index (χ2n) is 6.68. The second-order valence-corrected chi connectivity index (χ2v) is 6.68. The molecule has 0 saturated carbocycles. The van der Waals surface area contributed by atoms with Gasteiger partial charge in [-0.1, -0.05) is 18.2 Å². The number of benzene rings is 1. The van der Waals surface area contributed by atoms with E-state index in [2.05, 4.69) is 22.4 Å². The molecule has 2 bridgehead atoms. The van der Waals surface area contributed by atoms with Crippen LogP contribution in [0.3, 0.4) is 0 Å². The molecule has 22 heavy (non-hydrogen) atoms. The van der Waals surface area contributed by atoms with Crippen molar-refractivity contribution in [2.45, 2.75) is 43.8 Å². The van der Waals surface area contributed by atoms with Crippen molar-refractivity contribution in [3.05, 3.63) is 30.0 Å². The molecule has 2 aliphatic heterocycles. The zero-order valence-electron chi connectivity index (χ0n) is 13.1. The lowest BCUT2D eigenvalue weighted by atomic mass is 9.98. The van der Waals surface area contributed by atoms with Crippen molar-refractivity contribution in [1.29, 1.82) is 0 Å². The van der Waals surface area contributed by atoms with Gasteiger partial charge >= 0.3 is 0 Å². The van der Waals surface area contributed by atoms with Crippen molar-refractivity contribution < 1.29 is 4.79 Å². The Bertz CT molecular complexity index is 709. The summed E-state index contributed by atoms with van der Waals surface area (Å²) in [5.74, 6) is -0.0363. The number of rotatable bonds is 2. The molecule has 1 aromatic carbocycles. The Morgan fingerprint density at radius 1 is 1.18 bits per heavy atom. The van der Waals surface area contributed by atoms with Crippen LogP contribution in [0.15, 0.2) is 24.3 Å². The number of hydrogen-bond donors (Lipinski definition) is 1. The molecule has 0 unspecified atom stereocenters. The highest BCUT2D eigenvalue weighted by molar-refractivity contribution is 6.04. The van der Waals surface area contributed by atoms with Crippen LogP contribution in [0.4, 0.5) is 0 Å². The van der Waals surface area contributed by atoms with Gasteiger partial charge < -0.3 is 10.2 Å². The van der Waals surface area contributed by atoms with Gasteiger partial charge in [-0.05, 0) is 38.8 Å². The summed E-state index contributed by atoms with van der Waals surface area (Å²) in [5, 5.41) is 8.57. The number of hydrogen-bond acceptors (Lipinski definition) is 3. The molecule has 0 radical (unpaired) electrons. The number of carbonyl (C=O) groups excluding carboxylic acids is 1. The van der Waals surface area contributed by atoms with Gasteiger partial charge in [0.25, 0.3) is 5.91 Å². The number of fused-ring (bicyclic) bond motifs is 3. The number of nitrogens with one attached hydrogen (secondary N) is 1. The molecule has 0 aliphatic carbocycles. The fourth-order valence-corrected chi connectivity index (χ4v) is 4.16. The third-order valence-corrected chi connectivity index (χ3v) is 5.41. The summed E-state index contributed by atoms with van der Waals surface area (Å²) >= 11 is 0. The summed E-state index contributed by atoms with van der Waals surface area (Å²) in [7, 11) is 4.10. The topological polar surface area (TPSA) is 50.2 Å². The fraction of sp³-hybridized carbons (Fsp3) is 0.529. The predicted molar refractivity (Wildman–Crippen MR) is 85.8 cm³/mol. The lowest BCUT2D eigenvalue weighted by Gasteiger charge is -2.36. The van der Waals surface area contributed by atoms with Crippen molar-refractivity contribution in [1.82, 2.24) is 20.0 Å². The van der Waals surface area contributed by atoms with E-state index in [9.17, 15) is 4.79 Å². The van der Waals surface area contributed by atoms with Crippen LogP contribution in [-0.2, 0) is 7.05 Å². The molecule has 2 atom stereocenters. The van der Waals surface area contributed by atoms with Crippen LogP contribution in [0.2, 0.25) is 0 Å². The van der Waals surface area contributed by atoms with Gasteiger partial charge in [-0.3, -0.25) is 9.48 Å². The lowest BCUT2D eigenvalue weighted by molar-refractivity contribution is 0.0878.